The quantitative estimate of drug-likeness (QED) is 0.303. The van der Waals surface area contributed by atoms with Crippen molar-refractivity contribution in [1.82, 2.24) is 0 Å². The van der Waals surface area contributed by atoms with E-state index in [2.05, 4.69) is 27.4 Å². The van der Waals surface area contributed by atoms with Gasteiger partial charge in [0.15, 0.2) is 0 Å². The van der Waals surface area contributed by atoms with Gasteiger partial charge in [0.1, 0.15) is 0 Å². The Labute approximate surface area is 137 Å². The van der Waals surface area contributed by atoms with Gasteiger partial charge in [0.05, 0.1) is 0 Å². The van der Waals surface area contributed by atoms with Crippen LogP contribution in [-0.4, -0.2) is 36.2 Å². The van der Waals surface area contributed by atoms with Gasteiger partial charge in [0, 0.05) is 0 Å². The summed E-state index contributed by atoms with van der Waals surface area (Å²) in [6.45, 7) is 12.2. The molecule has 0 aromatic heterocycles. The summed E-state index contributed by atoms with van der Waals surface area (Å²) in [6.07, 6.45) is 10.2. The summed E-state index contributed by atoms with van der Waals surface area (Å²) in [5.74, 6) is 0.331. The molecular weight excluding hydrogens is 365 g/mol. The topological polar surface area (TPSA) is 35.2 Å². The molecule has 21 heavy (non-hydrogen) atoms. The summed E-state index contributed by atoms with van der Waals surface area (Å²) >= 11 is -2.09. The molecule has 2 N–H and O–H groups in total. The fourth-order valence-corrected chi connectivity index (χ4v) is 17.3. The van der Waals surface area contributed by atoms with Gasteiger partial charge in [0.25, 0.3) is 0 Å². The van der Waals surface area contributed by atoms with Crippen LogP contribution in [0.15, 0.2) is 12.7 Å². The first-order chi connectivity index (χ1) is 10.2. The van der Waals surface area contributed by atoms with E-state index in [0.29, 0.717) is 12.5 Å². The van der Waals surface area contributed by atoms with Gasteiger partial charge in [-0.3, -0.25) is 0 Å². The van der Waals surface area contributed by atoms with Crippen molar-refractivity contribution in [3.63, 3.8) is 0 Å². The van der Waals surface area contributed by atoms with Crippen molar-refractivity contribution in [2.75, 3.05) is 17.8 Å². The minimum atomic E-state index is -2.09. The predicted octanol–water partition coefficient (Wildman–Crippen LogP) is 5.15. The van der Waals surface area contributed by atoms with E-state index in [0.717, 1.165) is 11.2 Å². The molecule has 0 bridgehead atoms. The number of rotatable bonds is 15. The molecule has 0 radical (unpaired) electrons. The van der Waals surface area contributed by atoms with Crippen molar-refractivity contribution in [1.29, 1.82) is 0 Å². The van der Waals surface area contributed by atoms with Crippen molar-refractivity contribution < 1.29 is 4.74 Å². The average Bonchev–Trinajstić information content (AvgIpc) is 2.52. The van der Waals surface area contributed by atoms with Gasteiger partial charge >= 0.3 is 138 Å². The minimum absolute atomic E-state index is 0.331. The molecule has 0 aliphatic heterocycles. The summed E-state index contributed by atoms with van der Waals surface area (Å²) in [5.41, 5.74) is 5.74. The van der Waals surface area contributed by atoms with Crippen LogP contribution in [0.3, 0.4) is 0 Å². The molecule has 0 amide bonds. The van der Waals surface area contributed by atoms with Crippen LogP contribution in [0, 0.1) is 5.92 Å². The summed E-state index contributed by atoms with van der Waals surface area (Å²) in [4.78, 5) is 0. The fourth-order valence-electron chi connectivity index (χ4n) is 2.91. The molecule has 1 atom stereocenters. The summed E-state index contributed by atoms with van der Waals surface area (Å²) in [6, 6.07) is 0. The third-order valence-electron chi connectivity index (χ3n) is 4.56. The molecule has 0 saturated heterocycles. The zero-order valence-electron chi connectivity index (χ0n) is 14.8. The molecule has 0 aromatic carbocycles. The second kappa shape index (κ2) is 14.1. The van der Waals surface area contributed by atoms with E-state index in [1.54, 1.807) is 0 Å². The first kappa shape index (κ1) is 21.5. The average molecular weight is 404 g/mol. The van der Waals surface area contributed by atoms with E-state index < -0.39 is 18.4 Å². The Kier molecular flexibility index (Phi) is 14.4. The van der Waals surface area contributed by atoms with E-state index in [1.165, 1.54) is 51.8 Å². The molecule has 0 fully saturated rings. The van der Waals surface area contributed by atoms with Crippen molar-refractivity contribution in [3.8, 4) is 0 Å². The molecule has 0 saturated carbocycles. The Balaban J connectivity index is 4.57. The van der Waals surface area contributed by atoms with Gasteiger partial charge in [-0.25, -0.2) is 0 Å². The molecule has 0 aliphatic carbocycles. The van der Waals surface area contributed by atoms with E-state index in [1.807, 2.05) is 6.08 Å². The van der Waals surface area contributed by atoms with Crippen LogP contribution in [0.1, 0.15) is 59.3 Å². The molecule has 126 valence electrons. The number of hydrogen-bond donors (Lipinski definition) is 1. The van der Waals surface area contributed by atoms with Crippen LogP contribution in [0.4, 0.5) is 0 Å². The Hall–Kier alpha value is 0.459. The van der Waals surface area contributed by atoms with Crippen LogP contribution >= 0.6 is 0 Å². The molecule has 0 aliphatic rings. The number of ether oxygens (including phenoxy) is 1. The fraction of sp³-hybridized carbons (Fsp3) is 0.889. The van der Waals surface area contributed by atoms with Crippen LogP contribution in [0.25, 0.3) is 0 Å². The van der Waals surface area contributed by atoms with Gasteiger partial charge in [-0.1, -0.05) is 0 Å². The zero-order valence-corrected chi connectivity index (χ0v) is 17.7. The molecule has 0 aromatic rings. The Morgan fingerprint density at radius 1 is 1.00 bits per heavy atom. The maximum absolute atomic E-state index is 6.18. The van der Waals surface area contributed by atoms with E-state index >= 15 is 0 Å². The summed E-state index contributed by atoms with van der Waals surface area (Å²) in [7, 11) is 0. The number of nitrogens with two attached hydrogens (primary N) is 1. The van der Waals surface area contributed by atoms with Crippen molar-refractivity contribution in [2.45, 2.75) is 72.6 Å². The van der Waals surface area contributed by atoms with E-state index in [-0.39, 0.29) is 0 Å². The first-order valence-electron chi connectivity index (χ1n) is 9.08. The first-order valence-corrected chi connectivity index (χ1v) is 17.2. The molecular formula is C18H39NOSn. The van der Waals surface area contributed by atoms with Gasteiger partial charge in [-0.15, -0.1) is 0 Å². The van der Waals surface area contributed by atoms with Crippen LogP contribution in [0.2, 0.25) is 13.3 Å². The molecule has 2 nitrogen and oxygen atoms in total. The van der Waals surface area contributed by atoms with E-state index in [9.17, 15) is 0 Å². The summed E-state index contributed by atoms with van der Waals surface area (Å²) < 4.78 is 11.8. The molecule has 1 unspecified atom stereocenters. The monoisotopic (exact) mass is 405 g/mol. The summed E-state index contributed by atoms with van der Waals surface area (Å²) in [5, 5.41) is 0. The van der Waals surface area contributed by atoms with Gasteiger partial charge in [-0.05, 0) is 0 Å². The second-order valence-electron chi connectivity index (χ2n) is 6.56. The Morgan fingerprint density at radius 2 is 1.48 bits per heavy atom. The predicted molar refractivity (Wildman–Crippen MR) is 98.5 cm³/mol. The number of hydrogen-bond acceptors (Lipinski definition) is 2. The normalized spacial score (nSPS) is 13.3. The van der Waals surface area contributed by atoms with Crippen molar-refractivity contribution in [2.24, 2.45) is 11.7 Å². The maximum atomic E-state index is 6.18. The van der Waals surface area contributed by atoms with Gasteiger partial charge < -0.3 is 0 Å². The van der Waals surface area contributed by atoms with Gasteiger partial charge in [0.2, 0.25) is 0 Å². The van der Waals surface area contributed by atoms with Gasteiger partial charge in [-0.2, -0.15) is 0 Å². The number of unbranched alkanes of at least 4 members (excludes halogenated alkanes) is 3. The van der Waals surface area contributed by atoms with Crippen LogP contribution in [-0.2, 0) is 4.74 Å². The van der Waals surface area contributed by atoms with E-state index in [4.69, 9.17) is 10.5 Å². The Morgan fingerprint density at radius 3 is 1.81 bits per heavy atom. The molecule has 0 rings (SSSR count). The third-order valence-corrected chi connectivity index (χ3v) is 19.0. The SMILES string of the molecule is C=CC(CN)CO[CH2][Sn]([CH2]CCC)([CH2]CCC)[CH2]CCC. The molecule has 0 spiro atoms. The van der Waals surface area contributed by atoms with Crippen LogP contribution in [0.5, 0.6) is 0 Å². The standard InChI is InChI=1S/C6H12NO.3C4H9.Sn/c1-3-6(4-7)5-8-2;3*1-3-4-2;/h3,6H,1-2,4-5,7H2;3*1,3-4H2,2H3;. The third kappa shape index (κ3) is 9.96. The van der Waals surface area contributed by atoms with Crippen molar-refractivity contribution >= 4 is 18.4 Å². The zero-order chi connectivity index (χ0) is 16.0. The van der Waals surface area contributed by atoms with Crippen molar-refractivity contribution in [3.05, 3.63) is 12.7 Å². The second-order valence-corrected chi connectivity index (χ2v) is 20.2. The molecule has 0 heterocycles. The van der Waals surface area contributed by atoms with Crippen LogP contribution < -0.4 is 5.73 Å². The molecule has 3 heteroatoms. The Bertz CT molecular complexity index is 224.